The summed E-state index contributed by atoms with van der Waals surface area (Å²) in [5, 5.41) is 5.85. The molecule has 2 aliphatic heterocycles. The van der Waals surface area contributed by atoms with Crippen molar-refractivity contribution in [2.75, 3.05) is 19.6 Å². The normalized spacial score (nSPS) is 21.0. The second-order valence-corrected chi connectivity index (χ2v) is 12.8. The van der Waals surface area contributed by atoms with E-state index in [2.05, 4.69) is 15.0 Å². The van der Waals surface area contributed by atoms with Crippen LogP contribution in [0.2, 0.25) is 0 Å². The van der Waals surface area contributed by atoms with Gasteiger partial charge in [-0.05, 0) is 77.4 Å². The molecule has 0 unspecified atom stereocenters. The third-order valence-corrected chi connectivity index (χ3v) is 9.17. The molecule has 1 aromatic rings. The lowest BCUT2D eigenvalue weighted by molar-refractivity contribution is 0.0489. The molecule has 0 spiro atoms. The van der Waals surface area contributed by atoms with Crippen LogP contribution in [0, 0.1) is 0 Å². The number of piperidine rings is 2. The van der Waals surface area contributed by atoms with Crippen molar-refractivity contribution < 1.29 is 22.7 Å². The summed E-state index contributed by atoms with van der Waals surface area (Å²) in [6.07, 6.45) is 2.53. The molecule has 14 heteroatoms. The number of carbonyl (C=O) groups excluding carboxylic acids is 2. The van der Waals surface area contributed by atoms with Crippen molar-refractivity contribution in [2.45, 2.75) is 105 Å². The van der Waals surface area contributed by atoms with Crippen molar-refractivity contribution in [3.63, 3.8) is 0 Å². The molecule has 3 heterocycles. The highest BCUT2D eigenvalue weighted by molar-refractivity contribution is 7.86. The van der Waals surface area contributed by atoms with Crippen molar-refractivity contribution in [3.8, 4) is 0 Å². The zero-order chi connectivity index (χ0) is 25.1. The molecule has 2 saturated heterocycles. The van der Waals surface area contributed by atoms with Crippen molar-refractivity contribution in [3.05, 3.63) is 16.6 Å². The van der Waals surface area contributed by atoms with Crippen LogP contribution < -0.4 is 10.6 Å². The van der Waals surface area contributed by atoms with Crippen LogP contribution >= 0.6 is 38.5 Å². The Bertz CT molecular complexity index is 975. The molecule has 0 saturated carbocycles. The number of carbonyl (C=O) groups is 2. The van der Waals surface area contributed by atoms with Crippen LogP contribution in [0.25, 0.3) is 0 Å². The third kappa shape index (κ3) is 10.5. The quantitative estimate of drug-likeness (QED) is 0.499. The van der Waals surface area contributed by atoms with Crippen molar-refractivity contribution in [1.29, 1.82) is 0 Å². The molecule has 224 valence electrons. The molecular weight excluding hydrogens is 567 g/mol. The van der Waals surface area contributed by atoms with Gasteiger partial charge in [-0.2, -0.15) is 48.4 Å². The van der Waals surface area contributed by atoms with E-state index in [4.69, 9.17) is 4.74 Å². The van der Waals surface area contributed by atoms with Gasteiger partial charge in [0.2, 0.25) is 0 Å². The SMILES string of the molecule is C.C.CCc1cc(C(=O)N[C@H]2CCN(S(=O)(=O)N3CCC(NC(=O)OC(C)(C)C)CC3)[C@@H](C)C2)ns1.S.S. The monoisotopic (exact) mass is 615 g/mol. The molecule has 2 atom stereocenters. The summed E-state index contributed by atoms with van der Waals surface area (Å²) in [5.41, 5.74) is -0.151. The molecule has 0 radical (unpaired) electrons. The molecule has 2 fully saturated rings. The zero-order valence-electron chi connectivity index (χ0n) is 21.7. The summed E-state index contributed by atoms with van der Waals surface area (Å²) in [4.78, 5) is 25.6. The van der Waals surface area contributed by atoms with Crippen LogP contribution in [0.5, 0.6) is 0 Å². The standard InChI is InChI=1S/C22H37N5O5S2.2CH4.2H2S/c1-6-18-14-19(25-33-18)20(28)23-17-9-12-27(15(2)13-17)34(30,31)26-10-7-16(8-11-26)24-21(29)32-22(3,4)5;;;;/h14-17H,6-13H2,1-5H3,(H,23,28)(H,24,29);2*1H4;2*1H2/t15-,17-;;;;/m0..../s1. The summed E-state index contributed by atoms with van der Waals surface area (Å²) in [6.45, 7) is 10.3. The lowest BCUT2D eigenvalue weighted by atomic mass is 10.0. The number of aromatic nitrogens is 1. The Hall–Kier alpha value is -1.06. The van der Waals surface area contributed by atoms with E-state index in [1.54, 1.807) is 20.8 Å². The predicted octanol–water partition coefficient (Wildman–Crippen LogP) is 4.02. The maximum atomic E-state index is 13.3. The van der Waals surface area contributed by atoms with E-state index in [9.17, 15) is 18.0 Å². The molecule has 3 rings (SSSR count). The highest BCUT2D eigenvalue weighted by Gasteiger charge is 2.39. The van der Waals surface area contributed by atoms with E-state index in [1.165, 1.54) is 20.1 Å². The van der Waals surface area contributed by atoms with Crippen molar-refractivity contribution in [2.24, 2.45) is 0 Å². The average Bonchev–Trinajstić information content (AvgIpc) is 3.22. The van der Waals surface area contributed by atoms with Crippen LogP contribution in [-0.4, -0.2) is 76.8 Å². The number of alkyl carbamates (subject to hydrolysis) is 1. The Kier molecular flexibility index (Phi) is 16.7. The molecule has 0 aliphatic carbocycles. The minimum absolute atomic E-state index is 0. The van der Waals surface area contributed by atoms with Gasteiger partial charge in [-0.1, -0.05) is 21.8 Å². The number of aryl methyl sites for hydroxylation is 1. The molecule has 0 aromatic carbocycles. The predicted molar refractivity (Wildman–Crippen MR) is 165 cm³/mol. The fraction of sp³-hybridized carbons (Fsp3) is 0.792. The first-order valence-electron chi connectivity index (χ1n) is 11.9. The van der Waals surface area contributed by atoms with Gasteiger partial charge >= 0.3 is 6.09 Å². The largest absolute Gasteiger partial charge is 0.444 e. The van der Waals surface area contributed by atoms with Crippen LogP contribution in [0.4, 0.5) is 4.79 Å². The Labute approximate surface area is 247 Å². The number of hydrogen-bond acceptors (Lipinski definition) is 7. The van der Waals surface area contributed by atoms with E-state index in [0.717, 1.165) is 11.3 Å². The van der Waals surface area contributed by atoms with Gasteiger partial charge in [-0.3, -0.25) is 4.79 Å². The summed E-state index contributed by atoms with van der Waals surface area (Å²) in [7, 11) is -3.62. The van der Waals surface area contributed by atoms with Gasteiger partial charge in [-0.15, -0.1) is 0 Å². The van der Waals surface area contributed by atoms with Crippen LogP contribution in [0.1, 0.15) is 90.5 Å². The molecular formula is C24H49N5O5S4. The second kappa shape index (κ2) is 16.3. The van der Waals surface area contributed by atoms with Crippen LogP contribution in [-0.2, 0) is 21.4 Å². The highest BCUT2D eigenvalue weighted by atomic mass is 32.2. The van der Waals surface area contributed by atoms with Gasteiger partial charge in [0.25, 0.3) is 16.1 Å². The van der Waals surface area contributed by atoms with Gasteiger partial charge in [0, 0.05) is 42.6 Å². The molecule has 1 aromatic heterocycles. The topological polar surface area (TPSA) is 121 Å². The first-order valence-corrected chi connectivity index (χ1v) is 14.1. The highest BCUT2D eigenvalue weighted by Crippen LogP contribution is 2.25. The maximum Gasteiger partial charge on any atom is 0.407 e. The number of rotatable bonds is 6. The second-order valence-electron chi connectivity index (χ2n) is 10.0. The van der Waals surface area contributed by atoms with E-state index in [0.29, 0.717) is 51.0 Å². The minimum atomic E-state index is -3.62. The van der Waals surface area contributed by atoms with Crippen molar-refractivity contribution >= 4 is 60.7 Å². The van der Waals surface area contributed by atoms with E-state index in [1.807, 2.05) is 19.9 Å². The number of nitrogens with one attached hydrogen (secondary N) is 2. The summed E-state index contributed by atoms with van der Waals surface area (Å²) < 4.78 is 39.1. The molecule has 0 bridgehead atoms. The molecule has 10 nitrogen and oxygen atoms in total. The van der Waals surface area contributed by atoms with E-state index < -0.39 is 21.9 Å². The molecule has 38 heavy (non-hydrogen) atoms. The van der Waals surface area contributed by atoms with Gasteiger partial charge in [-0.25, -0.2) is 4.79 Å². The Balaban J connectivity index is 0. The fourth-order valence-corrected chi connectivity index (χ4v) is 6.81. The number of ether oxygens (including phenoxy) is 1. The minimum Gasteiger partial charge on any atom is -0.444 e. The Morgan fingerprint density at radius 1 is 1.08 bits per heavy atom. The average molecular weight is 616 g/mol. The Morgan fingerprint density at radius 3 is 2.16 bits per heavy atom. The lowest BCUT2D eigenvalue weighted by Crippen LogP contribution is -2.56. The van der Waals surface area contributed by atoms with Gasteiger partial charge in [0.05, 0.1) is 0 Å². The third-order valence-electron chi connectivity index (χ3n) is 6.09. The van der Waals surface area contributed by atoms with Crippen LogP contribution in [0.3, 0.4) is 0 Å². The zero-order valence-corrected chi connectivity index (χ0v) is 25.3. The first-order chi connectivity index (χ1) is 15.9. The fourth-order valence-electron chi connectivity index (χ4n) is 4.32. The van der Waals surface area contributed by atoms with Gasteiger partial charge < -0.3 is 15.4 Å². The molecule has 2 aliphatic rings. The Morgan fingerprint density at radius 2 is 1.66 bits per heavy atom. The summed E-state index contributed by atoms with van der Waals surface area (Å²) in [5.74, 6) is -0.205. The molecule has 2 N–H and O–H groups in total. The molecule has 2 amide bonds. The number of nitrogens with zero attached hydrogens (tertiary/aromatic N) is 3. The van der Waals surface area contributed by atoms with Crippen LogP contribution in [0.15, 0.2) is 6.07 Å². The summed E-state index contributed by atoms with van der Waals surface area (Å²) >= 11 is 1.33. The first kappa shape index (κ1) is 39.1. The summed E-state index contributed by atoms with van der Waals surface area (Å²) in [6, 6.07) is 1.37. The maximum absolute atomic E-state index is 13.3. The smallest absolute Gasteiger partial charge is 0.407 e. The number of amides is 2. The van der Waals surface area contributed by atoms with E-state index in [-0.39, 0.29) is 65.9 Å². The van der Waals surface area contributed by atoms with Crippen molar-refractivity contribution in [1.82, 2.24) is 23.6 Å². The van der Waals surface area contributed by atoms with E-state index >= 15 is 0 Å². The lowest BCUT2D eigenvalue weighted by Gasteiger charge is -2.41. The van der Waals surface area contributed by atoms with Gasteiger partial charge in [0.1, 0.15) is 11.3 Å². The number of hydrogen-bond donors (Lipinski definition) is 2. The van der Waals surface area contributed by atoms with Gasteiger partial charge in [0.15, 0.2) is 0 Å².